The van der Waals surface area contributed by atoms with Crippen LogP contribution in [0.1, 0.15) is 97.7 Å². The average Bonchev–Trinajstić information content (AvgIpc) is 3.67. The number of ether oxygens (including phenoxy) is 3. The van der Waals surface area contributed by atoms with Crippen LogP contribution in [0.2, 0.25) is 0 Å². The molecule has 3 aromatic heterocycles. The van der Waals surface area contributed by atoms with E-state index in [1.54, 1.807) is 20.8 Å². The highest BCUT2D eigenvalue weighted by Crippen LogP contribution is 2.37. The number of thiazole rings is 2. The number of benzene rings is 1. The zero-order valence-electron chi connectivity index (χ0n) is 25.6. The van der Waals surface area contributed by atoms with Crippen molar-refractivity contribution in [2.45, 2.75) is 60.6 Å². The first-order valence-electron chi connectivity index (χ1n) is 14.3. The van der Waals surface area contributed by atoms with Gasteiger partial charge in [-0.25, -0.2) is 24.4 Å². The van der Waals surface area contributed by atoms with Crippen molar-refractivity contribution < 1.29 is 28.6 Å². The van der Waals surface area contributed by atoms with E-state index in [-0.39, 0.29) is 36.7 Å². The van der Waals surface area contributed by atoms with E-state index < -0.39 is 24.0 Å². The van der Waals surface area contributed by atoms with E-state index in [1.807, 2.05) is 31.2 Å². The van der Waals surface area contributed by atoms with E-state index in [4.69, 9.17) is 24.9 Å². The summed E-state index contributed by atoms with van der Waals surface area (Å²) in [5.41, 5.74) is 11.4. The van der Waals surface area contributed by atoms with Crippen molar-refractivity contribution in [3.63, 3.8) is 0 Å². The highest BCUT2D eigenvalue weighted by molar-refractivity contribution is 7.11. The molecule has 0 spiro atoms. The topological polar surface area (TPSA) is 144 Å². The van der Waals surface area contributed by atoms with Gasteiger partial charge in [0, 0.05) is 28.6 Å². The largest absolute Gasteiger partial charge is 0.461 e. The monoisotopic (exact) mass is 636 g/mol. The second kappa shape index (κ2) is 14.7. The van der Waals surface area contributed by atoms with Gasteiger partial charge in [-0.05, 0) is 51.2 Å². The molecule has 2 N–H and O–H groups in total. The van der Waals surface area contributed by atoms with Gasteiger partial charge in [0.25, 0.3) is 0 Å². The Morgan fingerprint density at radius 1 is 0.841 bits per heavy atom. The first-order valence-corrected chi connectivity index (χ1v) is 16.1. The van der Waals surface area contributed by atoms with E-state index >= 15 is 0 Å². The van der Waals surface area contributed by atoms with E-state index in [2.05, 4.69) is 23.8 Å². The van der Waals surface area contributed by atoms with Crippen LogP contribution in [0, 0.1) is 19.8 Å². The molecule has 0 atom stereocenters. The van der Waals surface area contributed by atoms with Gasteiger partial charge < -0.3 is 19.9 Å². The van der Waals surface area contributed by atoms with Crippen molar-refractivity contribution in [2.75, 3.05) is 13.2 Å². The molecule has 0 amide bonds. The minimum absolute atomic E-state index is 0.0803. The summed E-state index contributed by atoms with van der Waals surface area (Å²) in [5.74, 6) is -1.54. The van der Waals surface area contributed by atoms with Gasteiger partial charge in [0.1, 0.15) is 10.0 Å². The first kappa shape index (κ1) is 32.9. The molecule has 232 valence electrons. The maximum Gasteiger partial charge on any atom is 0.357 e. The molecule has 3 heterocycles. The van der Waals surface area contributed by atoms with Gasteiger partial charge in [-0.3, -0.25) is 4.98 Å². The summed E-state index contributed by atoms with van der Waals surface area (Å²) >= 11 is 2.24. The van der Waals surface area contributed by atoms with Crippen molar-refractivity contribution in [1.82, 2.24) is 15.0 Å². The number of hydrogen-bond donors (Lipinski definition) is 1. The predicted molar refractivity (Wildman–Crippen MR) is 169 cm³/mol. The second-order valence-electron chi connectivity index (χ2n) is 10.4. The van der Waals surface area contributed by atoms with Gasteiger partial charge >= 0.3 is 17.9 Å². The molecular formula is C32H36N4O6S2. The number of carbonyl (C=O) groups excluding carboxylic acids is 3. The van der Waals surface area contributed by atoms with Crippen LogP contribution in [-0.4, -0.2) is 46.1 Å². The number of hydrogen-bond acceptors (Lipinski definition) is 12. The molecule has 0 saturated carbocycles. The minimum Gasteiger partial charge on any atom is -0.461 e. The molecule has 0 bridgehead atoms. The van der Waals surface area contributed by atoms with Crippen LogP contribution in [0.4, 0.5) is 0 Å². The number of esters is 3. The number of aromatic nitrogens is 3. The number of nitrogens with zero attached hydrogens (tertiary/aromatic N) is 3. The van der Waals surface area contributed by atoms with Crippen LogP contribution in [0.15, 0.2) is 35.0 Å². The van der Waals surface area contributed by atoms with E-state index in [9.17, 15) is 14.4 Å². The van der Waals surface area contributed by atoms with Gasteiger partial charge in [0.15, 0.2) is 11.4 Å². The molecule has 0 aliphatic carbocycles. The van der Waals surface area contributed by atoms with Crippen molar-refractivity contribution in [2.24, 2.45) is 11.7 Å². The van der Waals surface area contributed by atoms with Crippen LogP contribution in [0.25, 0.3) is 11.1 Å². The third kappa shape index (κ3) is 7.37. The molecule has 0 aliphatic heterocycles. The standard InChI is InChI=1S/C32H36N4O6S2/c1-7-40-30(37)23-15-43-28(35-23)27(29-36-24(16-44-29)31(38)41-8-2)42-32(39)25-19(6)34-22(13-17(3)4)21(14-33)26(25)20-11-9-18(5)10-12-20/h9-12,15-17,27H,7-8,13-14,33H2,1-6H3. The second-order valence-corrected chi connectivity index (χ2v) is 12.2. The molecule has 0 unspecified atom stereocenters. The Bertz CT molecular complexity index is 1590. The first-order chi connectivity index (χ1) is 21.1. The summed E-state index contributed by atoms with van der Waals surface area (Å²) < 4.78 is 16.4. The smallest absolute Gasteiger partial charge is 0.357 e. The quantitative estimate of drug-likeness (QED) is 0.140. The molecule has 4 rings (SSSR count). The molecule has 0 aliphatic rings. The fourth-order valence-corrected chi connectivity index (χ4v) is 6.36. The summed E-state index contributed by atoms with van der Waals surface area (Å²) in [5, 5.41) is 3.66. The van der Waals surface area contributed by atoms with E-state index in [0.717, 1.165) is 45.1 Å². The van der Waals surface area contributed by atoms with Crippen LogP contribution >= 0.6 is 22.7 Å². The Kier molecular flexibility index (Phi) is 11.0. The molecule has 12 heteroatoms. The van der Waals surface area contributed by atoms with Crippen molar-refractivity contribution in [1.29, 1.82) is 0 Å². The third-order valence-electron chi connectivity index (χ3n) is 6.60. The van der Waals surface area contributed by atoms with Crippen molar-refractivity contribution in [3.8, 4) is 11.1 Å². The normalized spacial score (nSPS) is 11.2. The van der Waals surface area contributed by atoms with Gasteiger partial charge in [0.05, 0.1) is 24.5 Å². The van der Waals surface area contributed by atoms with Crippen LogP contribution in [0.5, 0.6) is 0 Å². The fourth-order valence-electron chi connectivity index (χ4n) is 4.65. The van der Waals surface area contributed by atoms with Gasteiger partial charge in [-0.1, -0.05) is 43.7 Å². The maximum atomic E-state index is 14.2. The molecule has 10 nitrogen and oxygen atoms in total. The number of pyridine rings is 1. The maximum absolute atomic E-state index is 14.2. The van der Waals surface area contributed by atoms with Crippen molar-refractivity contribution in [3.05, 3.63) is 84.5 Å². The summed E-state index contributed by atoms with van der Waals surface area (Å²) in [6.07, 6.45) is -0.429. The van der Waals surface area contributed by atoms with E-state index in [0.29, 0.717) is 33.6 Å². The summed E-state index contributed by atoms with van der Waals surface area (Å²) in [6.45, 7) is 11.9. The molecular weight excluding hydrogens is 601 g/mol. The Balaban J connectivity index is 1.85. The number of carbonyl (C=O) groups is 3. The Hall–Kier alpha value is -4.00. The van der Waals surface area contributed by atoms with Gasteiger partial charge in [0.2, 0.25) is 6.10 Å². The summed E-state index contributed by atoms with van der Waals surface area (Å²) in [6, 6.07) is 7.86. The molecule has 1 aromatic carbocycles. The average molecular weight is 637 g/mol. The van der Waals surface area contributed by atoms with Gasteiger partial charge in [-0.15, -0.1) is 22.7 Å². The highest BCUT2D eigenvalue weighted by Gasteiger charge is 2.32. The lowest BCUT2D eigenvalue weighted by Gasteiger charge is -2.21. The number of aryl methyl sites for hydroxylation is 2. The highest BCUT2D eigenvalue weighted by atomic mass is 32.1. The summed E-state index contributed by atoms with van der Waals surface area (Å²) in [4.78, 5) is 52.7. The molecule has 0 saturated heterocycles. The number of rotatable bonds is 12. The SMILES string of the molecule is CCOC(=O)c1csc(C(OC(=O)c2c(C)nc(CC(C)C)c(CN)c2-c2ccc(C)cc2)c2nc(C(=O)OCC)cs2)n1. The molecule has 0 radical (unpaired) electrons. The Morgan fingerprint density at radius 2 is 1.39 bits per heavy atom. The van der Waals surface area contributed by atoms with Gasteiger partial charge in [-0.2, -0.15) is 0 Å². The lowest BCUT2D eigenvalue weighted by atomic mass is 9.89. The van der Waals surface area contributed by atoms with Crippen LogP contribution in [-0.2, 0) is 27.2 Å². The minimum atomic E-state index is -1.12. The zero-order chi connectivity index (χ0) is 32.0. The van der Waals surface area contributed by atoms with E-state index in [1.165, 1.54) is 10.8 Å². The molecule has 44 heavy (non-hydrogen) atoms. The third-order valence-corrected chi connectivity index (χ3v) is 8.38. The van der Waals surface area contributed by atoms with Crippen LogP contribution in [0.3, 0.4) is 0 Å². The molecule has 4 aromatic rings. The fraction of sp³-hybridized carbons (Fsp3) is 0.375. The predicted octanol–water partition coefficient (Wildman–Crippen LogP) is 6.24. The summed E-state index contributed by atoms with van der Waals surface area (Å²) in [7, 11) is 0. The van der Waals surface area contributed by atoms with Crippen molar-refractivity contribution >= 4 is 40.6 Å². The Morgan fingerprint density at radius 3 is 1.86 bits per heavy atom. The zero-order valence-corrected chi connectivity index (χ0v) is 27.3. The van der Waals surface area contributed by atoms with Crippen LogP contribution < -0.4 is 5.73 Å². The molecule has 0 fully saturated rings. The Labute approximate surface area is 264 Å². The lowest BCUT2D eigenvalue weighted by Crippen LogP contribution is -2.19. The lowest BCUT2D eigenvalue weighted by molar-refractivity contribution is 0.0376. The number of nitrogens with two attached hydrogens (primary N) is 1.